The Morgan fingerprint density at radius 2 is 2.00 bits per heavy atom. The Bertz CT molecular complexity index is 187. The second kappa shape index (κ2) is 5.99. The molecule has 2 rings (SSSR count). The molecule has 1 saturated heterocycles. The molecule has 3 heteroatoms. The lowest BCUT2D eigenvalue weighted by molar-refractivity contribution is 0.134. The van der Waals surface area contributed by atoms with Gasteiger partial charge in [0.2, 0.25) is 0 Å². The zero-order valence-corrected chi connectivity index (χ0v) is 10.9. The van der Waals surface area contributed by atoms with Gasteiger partial charge < -0.3 is 10.2 Å². The summed E-state index contributed by atoms with van der Waals surface area (Å²) in [7, 11) is 4.34. The Hall–Kier alpha value is -0.120. The van der Waals surface area contributed by atoms with E-state index in [-0.39, 0.29) is 0 Å². The number of piperidine rings is 1. The van der Waals surface area contributed by atoms with Crippen LogP contribution in [0.5, 0.6) is 0 Å². The molecule has 0 amide bonds. The zero-order chi connectivity index (χ0) is 11.4. The average Bonchev–Trinajstić information content (AvgIpc) is 3.08. The molecule has 0 bridgehead atoms. The largest absolute Gasteiger partial charge is 0.312 e. The molecule has 16 heavy (non-hydrogen) atoms. The van der Waals surface area contributed by atoms with Crippen molar-refractivity contribution in [1.82, 2.24) is 15.1 Å². The predicted molar refractivity (Wildman–Crippen MR) is 68.8 cm³/mol. The van der Waals surface area contributed by atoms with Gasteiger partial charge in [-0.1, -0.05) is 6.42 Å². The summed E-state index contributed by atoms with van der Waals surface area (Å²) < 4.78 is 0. The zero-order valence-electron chi connectivity index (χ0n) is 10.9. The van der Waals surface area contributed by atoms with Gasteiger partial charge in [0.25, 0.3) is 0 Å². The van der Waals surface area contributed by atoms with Crippen molar-refractivity contribution in [2.75, 3.05) is 40.3 Å². The van der Waals surface area contributed by atoms with Crippen LogP contribution in [0.2, 0.25) is 0 Å². The number of hydrogen-bond donors (Lipinski definition) is 1. The van der Waals surface area contributed by atoms with E-state index in [1.54, 1.807) is 0 Å². The lowest BCUT2D eigenvalue weighted by Gasteiger charge is -2.36. The number of hydrogen-bond acceptors (Lipinski definition) is 3. The Morgan fingerprint density at radius 3 is 2.69 bits per heavy atom. The van der Waals surface area contributed by atoms with Gasteiger partial charge in [0.15, 0.2) is 0 Å². The van der Waals surface area contributed by atoms with Gasteiger partial charge in [0.1, 0.15) is 0 Å². The summed E-state index contributed by atoms with van der Waals surface area (Å²) in [6, 6.07) is 1.66. The number of nitrogens with zero attached hydrogens (tertiary/aromatic N) is 2. The normalized spacial score (nSPS) is 27.6. The van der Waals surface area contributed by atoms with E-state index in [1.807, 2.05) is 0 Å². The Labute approximate surface area is 100 Å². The third-order valence-electron chi connectivity index (χ3n) is 3.80. The molecule has 2 fully saturated rings. The van der Waals surface area contributed by atoms with Gasteiger partial charge in [-0.15, -0.1) is 0 Å². The van der Waals surface area contributed by atoms with Gasteiger partial charge in [0.05, 0.1) is 0 Å². The fourth-order valence-corrected chi connectivity index (χ4v) is 2.50. The summed E-state index contributed by atoms with van der Waals surface area (Å²) in [6.07, 6.45) is 7.03. The van der Waals surface area contributed by atoms with E-state index in [0.717, 1.165) is 12.1 Å². The molecule has 1 saturated carbocycles. The molecule has 0 aromatic carbocycles. The van der Waals surface area contributed by atoms with Gasteiger partial charge in [-0.05, 0) is 46.3 Å². The van der Waals surface area contributed by atoms with Gasteiger partial charge in [-0.2, -0.15) is 0 Å². The van der Waals surface area contributed by atoms with Crippen LogP contribution in [0.4, 0.5) is 0 Å². The Balaban J connectivity index is 1.71. The summed E-state index contributed by atoms with van der Waals surface area (Å²) in [4.78, 5) is 4.98. The van der Waals surface area contributed by atoms with Crippen molar-refractivity contribution in [2.45, 2.75) is 44.2 Å². The molecule has 3 nitrogen and oxygen atoms in total. The molecular formula is C13H27N3. The Morgan fingerprint density at radius 1 is 1.19 bits per heavy atom. The lowest BCUT2D eigenvalue weighted by atomic mass is 10.0. The maximum atomic E-state index is 3.69. The van der Waals surface area contributed by atoms with E-state index in [9.17, 15) is 0 Å². The van der Waals surface area contributed by atoms with Crippen molar-refractivity contribution in [1.29, 1.82) is 0 Å². The summed E-state index contributed by atoms with van der Waals surface area (Å²) >= 11 is 0. The van der Waals surface area contributed by atoms with E-state index in [4.69, 9.17) is 0 Å². The van der Waals surface area contributed by atoms with Crippen LogP contribution in [0, 0.1) is 0 Å². The van der Waals surface area contributed by atoms with E-state index in [1.165, 1.54) is 58.3 Å². The minimum absolute atomic E-state index is 0.800. The molecular weight excluding hydrogens is 198 g/mol. The highest BCUT2D eigenvalue weighted by molar-refractivity contribution is 4.85. The first-order chi connectivity index (χ1) is 7.75. The number of nitrogens with one attached hydrogen (secondary N) is 1. The van der Waals surface area contributed by atoms with Crippen LogP contribution >= 0.6 is 0 Å². The number of rotatable bonds is 6. The molecule has 1 unspecified atom stereocenters. The fourth-order valence-electron chi connectivity index (χ4n) is 2.50. The molecule has 1 heterocycles. The molecule has 0 aromatic heterocycles. The molecule has 0 spiro atoms. The molecule has 1 aliphatic heterocycles. The van der Waals surface area contributed by atoms with Crippen LogP contribution < -0.4 is 5.32 Å². The number of likely N-dealkylation sites (N-methyl/N-ethyl adjacent to an activating group) is 1. The molecule has 0 radical (unpaired) electrons. The quantitative estimate of drug-likeness (QED) is 0.732. The van der Waals surface area contributed by atoms with Crippen LogP contribution in [-0.2, 0) is 0 Å². The molecule has 1 aliphatic carbocycles. The lowest BCUT2D eigenvalue weighted by Crippen LogP contribution is -2.48. The third kappa shape index (κ3) is 4.04. The average molecular weight is 225 g/mol. The molecule has 0 aromatic rings. The van der Waals surface area contributed by atoms with E-state index < -0.39 is 0 Å². The van der Waals surface area contributed by atoms with Gasteiger partial charge in [0, 0.05) is 31.7 Å². The van der Waals surface area contributed by atoms with Crippen LogP contribution in [0.15, 0.2) is 0 Å². The van der Waals surface area contributed by atoms with Crippen LogP contribution in [0.25, 0.3) is 0 Å². The van der Waals surface area contributed by atoms with E-state index >= 15 is 0 Å². The van der Waals surface area contributed by atoms with Crippen LogP contribution in [0.1, 0.15) is 32.1 Å². The fraction of sp³-hybridized carbons (Fsp3) is 1.00. The third-order valence-corrected chi connectivity index (χ3v) is 3.80. The molecule has 1 atom stereocenters. The predicted octanol–water partition coefficient (Wildman–Crippen LogP) is 1.15. The van der Waals surface area contributed by atoms with Crippen molar-refractivity contribution in [2.24, 2.45) is 0 Å². The maximum Gasteiger partial charge on any atom is 0.0221 e. The summed E-state index contributed by atoms with van der Waals surface area (Å²) in [6.45, 7) is 4.97. The van der Waals surface area contributed by atoms with Crippen molar-refractivity contribution >= 4 is 0 Å². The monoisotopic (exact) mass is 225 g/mol. The van der Waals surface area contributed by atoms with Crippen LogP contribution in [0.3, 0.4) is 0 Å². The van der Waals surface area contributed by atoms with Crippen molar-refractivity contribution < 1.29 is 0 Å². The summed E-state index contributed by atoms with van der Waals surface area (Å²) in [5.74, 6) is 0. The summed E-state index contributed by atoms with van der Waals surface area (Å²) in [5, 5.41) is 3.69. The summed E-state index contributed by atoms with van der Waals surface area (Å²) in [5.41, 5.74) is 0. The first-order valence-corrected chi connectivity index (χ1v) is 6.88. The minimum atomic E-state index is 0.800. The van der Waals surface area contributed by atoms with Crippen molar-refractivity contribution in [3.63, 3.8) is 0 Å². The second-order valence-corrected chi connectivity index (χ2v) is 5.67. The highest BCUT2D eigenvalue weighted by Gasteiger charge is 2.26. The standard InChI is InChI=1S/C13H27N3/c1-15(2)9-10-16-8-4-3-5-13(16)11-14-12-6-7-12/h12-14H,3-11H2,1-2H3. The van der Waals surface area contributed by atoms with Crippen molar-refractivity contribution in [3.8, 4) is 0 Å². The van der Waals surface area contributed by atoms with Crippen LogP contribution in [-0.4, -0.2) is 62.2 Å². The Kier molecular flexibility index (Phi) is 4.62. The topological polar surface area (TPSA) is 18.5 Å². The maximum absolute atomic E-state index is 3.69. The smallest absolute Gasteiger partial charge is 0.0221 e. The van der Waals surface area contributed by atoms with E-state index in [0.29, 0.717) is 0 Å². The first kappa shape index (κ1) is 12.3. The molecule has 94 valence electrons. The van der Waals surface area contributed by atoms with Gasteiger partial charge in [-0.3, -0.25) is 4.90 Å². The molecule has 2 aliphatic rings. The van der Waals surface area contributed by atoms with Gasteiger partial charge >= 0.3 is 0 Å². The first-order valence-electron chi connectivity index (χ1n) is 6.88. The highest BCUT2D eigenvalue weighted by atomic mass is 15.2. The van der Waals surface area contributed by atoms with Gasteiger partial charge in [-0.25, -0.2) is 0 Å². The van der Waals surface area contributed by atoms with E-state index in [2.05, 4.69) is 29.2 Å². The second-order valence-electron chi connectivity index (χ2n) is 5.67. The van der Waals surface area contributed by atoms with Crippen molar-refractivity contribution in [3.05, 3.63) is 0 Å². The SMILES string of the molecule is CN(C)CCN1CCCCC1CNC1CC1. The minimum Gasteiger partial charge on any atom is -0.312 e. The number of likely N-dealkylation sites (tertiary alicyclic amines) is 1. The highest BCUT2D eigenvalue weighted by Crippen LogP contribution is 2.21. The molecule has 1 N–H and O–H groups in total.